The minimum Gasteiger partial charge on any atom is -0.371 e. The molecule has 0 bridgehead atoms. The first-order chi connectivity index (χ1) is 8.27. The molecule has 0 radical (unpaired) electrons. The minimum atomic E-state index is 0.0971. The van der Waals surface area contributed by atoms with Gasteiger partial charge in [-0.15, -0.1) is 11.3 Å². The minimum absolute atomic E-state index is 0.0971. The van der Waals surface area contributed by atoms with Crippen molar-refractivity contribution in [1.82, 2.24) is 0 Å². The van der Waals surface area contributed by atoms with E-state index in [1.165, 1.54) is 35.4 Å². The van der Waals surface area contributed by atoms with E-state index < -0.39 is 0 Å². The second kappa shape index (κ2) is 8.67. The lowest BCUT2D eigenvalue weighted by Crippen LogP contribution is -2.15. The molecule has 0 saturated carbocycles. The monoisotopic (exact) mass is 255 g/mol. The highest BCUT2D eigenvalue weighted by Crippen LogP contribution is 2.25. The summed E-state index contributed by atoms with van der Waals surface area (Å²) in [5, 5.41) is 0. The van der Waals surface area contributed by atoms with Gasteiger partial charge in [-0.3, -0.25) is 0 Å². The van der Waals surface area contributed by atoms with Gasteiger partial charge in [0.1, 0.15) is 6.10 Å². The maximum atomic E-state index is 5.86. The number of thiophene rings is 1. The van der Waals surface area contributed by atoms with Gasteiger partial charge in [-0.05, 0) is 25.5 Å². The molecule has 0 saturated heterocycles. The van der Waals surface area contributed by atoms with Crippen LogP contribution in [0.25, 0.3) is 0 Å². The zero-order valence-corrected chi connectivity index (χ0v) is 11.9. The van der Waals surface area contributed by atoms with Gasteiger partial charge >= 0.3 is 0 Å². The lowest BCUT2D eigenvalue weighted by atomic mass is 10.2. The zero-order valence-electron chi connectivity index (χ0n) is 11.1. The van der Waals surface area contributed by atoms with Crippen LogP contribution in [0.5, 0.6) is 0 Å². The Morgan fingerprint density at radius 2 is 2.00 bits per heavy atom. The Morgan fingerprint density at radius 1 is 1.24 bits per heavy atom. The molecule has 1 atom stereocenters. The van der Waals surface area contributed by atoms with Gasteiger partial charge < -0.3 is 10.5 Å². The molecule has 17 heavy (non-hydrogen) atoms. The van der Waals surface area contributed by atoms with Crippen LogP contribution in [0, 0.1) is 6.92 Å². The van der Waals surface area contributed by atoms with Crippen molar-refractivity contribution in [1.29, 1.82) is 0 Å². The summed E-state index contributed by atoms with van der Waals surface area (Å²) >= 11 is 1.79. The average Bonchev–Trinajstić information content (AvgIpc) is 2.75. The highest BCUT2D eigenvalue weighted by Gasteiger charge is 2.11. The van der Waals surface area contributed by atoms with Crippen LogP contribution in [0.15, 0.2) is 12.1 Å². The van der Waals surface area contributed by atoms with E-state index >= 15 is 0 Å². The highest BCUT2D eigenvalue weighted by molar-refractivity contribution is 7.12. The summed E-state index contributed by atoms with van der Waals surface area (Å²) in [5.41, 5.74) is 5.76. The standard InChI is InChI=1S/C14H25NOS/c1-3-4-5-6-7-10-16-13(11-15)14-9-8-12(2)17-14/h8-9,13H,3-7,10-11,15H2,1-2H3. The third-order valence-electron chi connectivity index (χ3n) is 2.86. The normalized spacial score (nSPS) is 12.9. The Morgan fingerprint density at radius 3 is 2.59 bits per heavy atom. The molecule has 0 fully saturated rings. The van der Waals surface area contributed by atoms with Crippen LogP contribution in [-0.2, 0) is 4.74 Å². The number of nitrogens with two attached hydrogens (primary N) is 1. The van der Waals surface area contributed by atoms with Gasteiger partial charge in [-0.25, -0.2) is 0 Å². The van der Waals surface area contributed by atoms with Crippen LogP contribution in [0.3, 0.4) is 0 Å². The summed E-state index contributed by atoms with van der Waals surface area (Å²) in [6, 6.07) is 4.27. The summed E-state index contributed by atoms with van der Waals surface area (Å²) in [5.74, 6) is 0. The smallest absolute Gasteiger partial charge is 0.104 e. The Kier molecular flexibility index (Phi) is 7.49. The third-order valence-corrected chi connectivity index (χ3v) is 3.95. The summed E-state index contributed by atoms with van der Waals surface area (Å²) in [7, 11) is 0. The van der Waals surface area contributed by atoms with Crippen molar-refractivity contribution < 1.29 is 4.74 Å². The van der Waals surface area contributed by atoms with E-state index in [1.54, 1.807) is 11.3 Å². The first-order valence-corrected chi connectivity index (χ1v) is 7.47. The molecule has 1 unspecified atom stereocenters. The van der Waals surface area contributed by atoms with Gasteiger partial charge in [-0.1, -0.05) is 32.6 Å². The van der Waals surface area contributed by atoms with E-state index in [2.05, 4.69) is 26.0 Å². The fourth-order valence-electron chi connectivity index (χ4n) is 1.82. The first-order valence-electron chi connectivity index (χ1n) is 6.66. The first kappa shape index (κ1) is 14.7. The molecule has 1 heterocycles. The molecule has 1 aromatic heterocycles. The lowest BCUT2D eigenvalue weighted by molar-refractivity contribution is 0.0581. The molecule has 0 aromatic carbocycles. The van der Waals surface area contributed by atoms with E-state index in [-0.39, 0.29) is 6.10 Å². The molecule has 0 amide bonds. The molecule has 0 aliphatic rings. The number of rotatable bonds is 9. The molecule has 1 rings (SSSR count). The van der Waals surface area contributed by atoms with Gasteiger partial charge in [0.25, 0.3) is 0 Å². The largest absolute Gasteiger partial charge is 0.371 e. The van der Waals surface area contributed by atoms with Crippen molar-refractivity contribution in [3.8, 4) is 0 Å². The topological polar surface area (TPSA) is 35.2 Å². The predicted molar refractivity (Wildman–Crippen MR) is 75.6 cm³/mol. The summed E-state index contributed by atoms with van der Waals surface area (Å²) < 4.78 is 5.86. The molecular formula is C14H25NOS. The van der Waals surface area contributed by atoms with E-state index in [0.29, 0.717) is 6.54 Å². The molecule has 0 aliphatic heterocycles. The number of hydrogen-bond donors (Lipinski definition) is 1. The summed E-state index contributed by atoms with van der Waals surface area (Å²) in [6.07, 6.45) is 6.48. The van der Waals surface area contributed by atoms with Crippen LogP contribution >= 0.6 is 11.3 Å². The van der Waals surface area contributed by atoms with Gasteiger partial charge in [-0.2, -0.15) is 0 Å². The second-order valence-electron chi connectivity index (χ2n) is 4.46. The molecular weight excluding hydrogens is 230 g/mol. The fraction of sp³-hybridized carbons (Fsp3) is 0.714. The van der Waals surface area contributed by atoms with Crippen LogP contribution in [0.2, 0.25) is 0 Å². The number of ether oxygens (including phenoxy) is 1. The van der Waals surface area contributed by atoms with Crippen molar-refractivity contribution in [2.75, 3.05) is 13.2 Å². The quantitative estimate of drug-likeness (QED) is 0.676. The predicted octanol–water partition coefficient (Wildman–Crippen LogP) is 4.04. The Labute approximate surface area is 109 Å². The maximum absolute atomic E-state index is 5.86. The van der Waals surface area contributed by atoms with Crippen molar-refractivity contribution in [2.45, 2.75) is 52.1 Å². The zero-order chi connectivity index (χ0) is 12.5. The Hall–Kier alpha value is -0.380. The van der Waals surface area contributed by atoms with E-state index in [9.17, 15) is 0 Å². The van der Waals surface area contributed by atoms with Gasteiger partial charge in [0.05, 0.1) is 0 Å². The molecule has 1 aromatic rings. The van der Waals surface area contributed by atoms with E-state index in [0.717, 1.165) is 13.0 Å². The summed E-state index contributed by atoms with van der Waals surface area (Å²) in [6.45, 7) is 5.77. The summed E-state index contributed by atoms with van der Waals surface area (Å²) in [4.78, 5) is 2.59. The van der Waals surface area contributed by atoms with Crippen molar-refractivity contribution in [2.24, 2.45) is 5.73 Å². The van der Waals surface area contributed by atoms with Gasteiger partial charge in [0.15, 0.2) is 0 Å². The van der Waals surface area contributed by atoms with E-state index in [4.69, 9.17) is 10.5 Å². The lowest BCUT2D eigenvalue weighted by Gasteiger charge is -2.14. The maximum Gasteiger partial charge on any atom is 0.104 e. The van der Waals surface area contributed by atoms with Crippen molar-refractivity contribution >= 4 is 11.3 Å². The van der Waals surface area contributed by atoms with Crippen LogP contribution in [-0.4, -0.2) is 13.2 Å². The van der Waals surface area contributed by atoms with Crippen LogP contribution < -0.4 is 5.73 Å². The van der Waals surface area contributed by atoms with Crippen molar-refractivity contribution in [3.63, 3.8) is 0 Å². The fourth-order valence-corrected chi connectivity index (χ4v) is 2.76. The third kappa shape index (κ3) is 5.66. The number of aryl methyl sites for hydroxylation is 1. The van der Waals surface area contributed by atoms with Gasteiger partial charge in [0, 0.05) is 22.9 Å². The van der Waals surface area contributed by atoms with Crippen LogP contribution in [0.4, 0.5) is 0 Å². The van der Waals surface area contributed by atoms with Crippen molar-refractivity contribution in [3.05, 3.63) is 21.9 Å². The van der Waals surface area contributed by atoms with Crippen LogP contribution in [0.1, 0.15) is 54.9 Å². The molecule has 0 aliphatic carbocycles. The second-order valence-corrected chi connectivity index (χ2v) is 5.78. The molecule has 2 N–H and O–H groups in total. The molecule has 3 heteroatoms. The number of unbranched alkanes of at least 4 members (excludes halogenated alkanes) is 4. The molecule has 2 nitrogen and oxygen atoms in total. The molecule has 0 spiro atoms. The Bertz CT molecular complexity index is 298. The highest BCUT2D eigenvalue weighted by atomic mass is 32.1. The molecule has 98 valence electrons. The van der Waals surface area contributed by atoms with Gasteiger partial charge in [0.2, 0.25) is 0 Å². The average molecular weight is 255 g/mol. The SMILES string of the molecule is CCCCCCCOC(CN)c1ccc(C)s1. The Balaban J connectivity index is 2.19. The van der Waals surface area contributed by atoms with E-state index in [1.807, 2.05) is 0 Å². The number of hydrogen-bond acceptors (Lipinski definition) is 3.